The van der Waals surface area contributed by atoms with Crippen LogP contribution in [0.4, 0.5) is 17.2 Å². The highest BCUT2D eigenvalue weighted by Crippen LogP contribution is 2.27. The maximum Gasteiger partial charge on any atom is 0.267 e. The second kappa shape index (κ2) is 5.65. The third kappa shape index (κ3) is 3.10. The summed E-state index contributed by atoms with van der Waals surface area (Å²) >= 11 is 0. The minimum Gasteiger partial charge on any atom is -0.381 e. The number of rotatable bonds is 5. The lowest BCUT2D eigenvalue weighted by Crippen LogP contribution is -2.17. The molecule has 0 aliphatic heterocycles. The molecule has 0 aliphatic carbocycles. The van der Waals surface area contributed by atoms with Gasteiger partial charge < -0.3 is 10.6 Å². The average molecular weight is 309 g/mol. The van der Waals surface area contributed by atoms with Crippen LogP contribution in [-0.4, -0.2) is 32.3 Å². The highest BCUT2D eigenvalue weighted by atomic mass is 32.2. The topological polar surface area (TPSA) is 93.2 Å². The van der Waals surface area contributed by atoms with Gasteiger partial charge in [-0.2, -0.15) is 5.10 Å². The van der Waals surface area contributed by atoms with Crippen molar-refractivity contribution in [2.75, 3.05) is 29.5 Å². The molecule has 0 spiro atoms. The maximum absolute atomic E-state index is 12.5. The summed E-state index contributed by atoms with van der Waals surface area (Å²) in [6.07, 6.45) is 1.43. The standard InChI is InChI=1S/C13H19N5O2S/c1-4-18-9-12(13(14)15-18)21(19,20)16-10-7-5-6-8-11(10)17(2)3/h5-9,16H,4H2,1-3H3,(H2,14,15). The fourth-order valence-corrected chi connectivity index (χ4v) is 3.09. The lowest BCUT2D eigenvalue weighted by Gasteiger charge is -2.18. The number of anilines is 3. The molecule has 7 nitrogen and oxygen atoms in total. The highest BCUT2D eigenvalue weighted by molar-refractivity contribution is 7.92. The summed E-state index contributed by atoms with van der Waals surface area (Å²) in [5.41, 5.74) is 6.95. The van der Waals surface area contributed by atoms with Gasteiger partial charge >= 0.3 is 0 Å². The summed E-state index contributed by atoms with van der Waals surface area (Å²) in [6, 6.07) is 7.14. The van der Waals surface area contributed by atoms with Gasteiger partial charge in [-0.25, -0.2) is 8.42 Å². The molecule has 0 radical (unpaired) electrons. The first-order valence-corrected chi connectivity index (χ1v) is 7.95. The molecule has 0 atom stereocenters. The van der Waals surface area contributed by atoms with Crippen molar-refractivity contribution in [3.8, 4) is 0 Å². The Morgan fingerprint density at radius 2 is 2.00 bits per heavy atom. The third-order valence-electron chi connectivity index (χ3n) is 3.00. The fourth-order valence-electron chi connectivity index (χ4n) is 1.94. The van der Waals surface area contributed by atoms with E-state index in [-0.39, 0.29) is 10.7 Å². The first-order valence-electron chi connectivity index (χ1n) is 6.47. The Bertz CT molecular complexity index is 737. The molecule has 2 aromatic rings. The summed E-state index contributed by atoms with van der Waals surface area (Å²) in [5.74, 6) is -0.00770. The van der Waals surface area contributed by atoms with E-state index in [2.05, 4.69) is 9.82 Å². The largest absolute Gasteiger partial charge is 0.381 e. The number of sulfonamides is 1. The van der Waals surface area contributed by atoms with Gasteiger partial charge in [-0.1, -0.05) is 12.1 Å². The van der Waals surface area contributed by atoms with Crippen LogP contribution in [0.25, 0.3) is 0 Å². The predicted octanol–water partition coefficient (Wildman–Crippen LogP) is 1.35. The molecule has 0 unspecified atom stereocenters. The van der Waals surface area contributed by atoms with E-state index >= 15 is 0 Å². The summed E-state index contributed by atoms with van der Waals surface area (Å²) in [5, 5.41) is 3.96. The Balaban J connectivity index is 2.40. The lowest BCUT2D eigenvalue weighted by molar-refractivity contribution is 0.600. The van der Waals surface area contributed by atoms with E-state index in [9.17, 15) is 8.42 Å². The van der Waals surface area contributed by atoms with Gasteiger partial charge in [-0.15, -0.1) is 0 Å². The second-order valence-corrected chi connectivity index (χ2v) is 6.40. The summed E-state index contributed by atoms with van der Waals surface area (Å²) in [6.45, 7) is 2.41. The quantitative estimate of drug-likeness (QED) is 0.869. The number of para-hydroxylation sites is 2. The molecule has 114 valence electrons. The highest BCUT2D eigenvalue weighted by Gasteiger charge is 2.22. The Labute approximate surface area is 124 Å². The number of aryl methyl sites for hydroxylation is 1. The molecule has 0 fully saturated rings. The van der Waals surface area contributed by atoms with Gasteiger partial charge in [0.1, 0.15) is 4.90 Å². The zero-order chi connectivity index (χ0) is 15.6. The number of hydrogen-bond donors (Lipinski definition) is 2. The second-order valence-electron chi connectivity index (χ2n) is 4.75. The van der Waals surface area contributed by atoms with Gasteiger partial charge in [0.2, 0.25) is 0 Å². The van der Waals surface area contributed by atoms with Crippen molar-refractivity contribution in [3.05, 3.63) is 30.5 Å². The van der Waals surface area contributed by atoms with Crippen LogP contribution < -0.4 is 15.4 Å². The zero-order valence-electron chi connectivity index (χ0n) is 12.2. The smallest absolute Gasteiger partial charge is 0.267 e. The molecule has 0 aliphatic rings. The van der Waals surface area contributed by atoms with Crippen LogP contribution >= 0.6 is 0 Å². The van der Waals surface area contributed by atoms with Crippen molar-refractivity contribution in [2.45, 2.75) is 18.4 Å². The van der Waals surface area contributed by atoms with Crippen LogP contribution in [0.5, 0.6) is 0 Å². The lowest BCUT2D eigenvalue weighted by atomic mass is 10.2. The number of nitrogen functional groups attached to an aromatic ring is 1. The molecule has 8 heteroatoms. The van der Waals surface area contributed by atoms with Crippen LogP contribution in [-0.2, 0) is 16.6 Å². The number of aromatic nitrogens is 2. The number of nitrogens with two attached hydrogens (primary N) is 1. The summed E-state index contributed by atoms with van der Waals surface area (Å²) < 4.78 is 29.0. The van der Waals surface area contributed by atoms with Crippen molar-refractivity contribution < 1.29 is 8.42 Å². The Hall–Kier alpha value is -2.22. The molecule has 2 rings (SSSR count). The van der Waals surface area contributed by atoms with E-state index in [0.29, 0.717) is 12.2 Å². The summed E-state index contributed by atoms with van der Waals surface area (Å²) in [4.78, 5) is 1.81. The van der Waals surface area contributed by atoms with E-state index in [0.717, 1.165) is 5.69 Å². The van der Waals surface area contributed by atoms with Crippen molar-refractivity contribution in [2.24, 2.45) is 0 Å². The normalized spacial score (nSPS) is 11.4. The molecule has 3 N–H and O–H groups in total. The molecule has 0 bridgehead atoms. The SMILES string of the molecule is CCn1cc(S(=O)(=O)Nc2ccccc2N(C)C)c(N)n1. The van der Waals surface area contributed by atoms with Crippen LogP contribution in [0.2, 0.25) is 0 Å². The Morgan fingerprint density at radius 3 is 2.57 bits per heavy atom. The number of nitrogens with one attached hydrogen (secondary N) is 1. The molecule has 1 aromatic heterocycles. The minimum absolute atomic E-state index is 0.00770. The van der Waals surface area contributed by atoms with Gasteiger partial charge in [0, 0.05) is 26.8 Å². The molecular formula is C13H19N5O2S. The van der Waals surface area contributed by atoms with Crippen LogP contribution in [0.1, 0.15) is 6.92 Å². The maximum atomic E-state index is 12.5. The Kier molecular flexibility index (Phi) is 4.08. The number of hydrogen-bond acceptors (Lipinski definition) is 5. The first-order chi connectivity index (χ1) is 9.85. The molecule has 21 heavy (non-hydrogen) atoms. The number of benzene rings is 1. The zero-order valence-corrected chi connectivity index (χ0v) is 13.1. The van der Waals surface area contributed by atoms with Crippen molar-refractivity contribution >= 4 is 27.2 Å². The monoisotopic (exact) mass is 309 g/mol. The van der Waals surface area contributed by atoms with E-state index in [1.165, 1.54) is 10.9 Å². The van der Waals surface area contributed by atoms with Gasteiger partial charge in [0.05, 0.1) is 11.4 Å². The minimum atomic E-state index is -3.77. The van der Waals surface area contributed by atoms with Crippen molar-refractivity contribution in [1.82, 2.24) is 9.78 Å². The Morgan fingerprint density at radius 1 is 1.33 bits per heavy atom. The van der Waals surface area contributed by atoms with Crippen LogP contribution in [0, 0.1) is 0 Å². The van der Waals surface area contributed by atoms with Crippen molar-refractivity contribution in [3.63, 3.8) is 0 Å². The van der Waals surface area contributed by atoms with Crippen LogP contribution in [0.3, 0.4) is 0 Å². The first kappa shape index (κ1) is 15.2. The number of nitrogens with zero attached hydrogens (tertiary/aromatic N) is 3. The average Bonchev–Trinajstić information content (AvgIpc) is 2.81. The fraction of sp³-hybridized carbons (Fsp3) is 0.308. The molecule has 1 aromatic carbocycles. The molecule has 0 saturated carbocycles. The van der Waals surface area contributed by atoms with Gasteiger partial charge in [-0.05, 0) is 19.1 Å². The molecular weight excluding hydrogens is 290 g/mol. The molecule has 0 amide bonds. The van der Waals surface area contributed by atoms with E-state index < -0.39 is 10.0 Å². The van der Waals surface area contributed by atoms with Gasteiger partial charge in [0.15, 0.2) is 5.82 Å². The van der Waals surface area contributed by atoms with Gasteiger partial charge in [0.25, 0.3) is 10.0 Å². The predicted molar refractivity (Wildman–Crippen MR) is 83.9 cm³/mol. The molecule has 0 saturated heterocycles. The van der Waals surface area contributed by atoms with Crippen LogP contribution in [0.15, 0.2) is 35.4 Å². The van der Waals surface area contributed by atoms with E-state index in [4.69, 9.17) is 5.73 Å². The third-order valence-corrected chi connectivity index (χ3v) is 4.38. The van der Waals surface area contributed by atoms with Gasteiger partial charge in [-0.3, -0.25) is 9.40 Å². The summed E-state index contributed by atoms with van der Waals surface area (Å²) in [7, 11) is -0.0866. The van der Waals surface area contributed by atoms with Crippen molar-refractivity contribution in [1.29, 1.82) is 0 Å². The van der Waals surface area contributed by atoms with E-state index in [1.807, 2.05) is 38.1 Å². The van der Waals surface area contributed by atoms with E-state index in [1.54, 1.807) is 12.1 Å². The molecule has 1 heterocycles.